The molecule has 1 fully saturated rings. The summed E-state index contributed by atoms with van der Waals surface area (Å²) in [5, 5.41) is 0. The van der Waals surface area contributed by atoms with Gasteiger partial charge in [0.15, 0.2) is 0 Å². The molecule has 0 saturated heterocycles. The molecule has 0 N–H and O–H groups in total. The van der Waals surface area contributed by atoms with Crippen LogP contribution < -0.4 is 0 Å². The van der Waals surface area contributed by atoms with E-state index in [9.17, 15) is 4.79 Å². The van der Waals surface area contributed by atoms with Gasteiger partial charge in [0, 0.05) is 25.2 Å². The number of carbonyl (C=O) groups is 1. The number of rotatable bonds is 4. The van der Waals surface area contributed by atoms with Crippen molar-refractivity contribution in [1.29, 1.82) is 0 Å². The Labute approximate surface area is 148 Å². The van der Waals surface area contributed by atoms with Crippen LogP contribution in [0.5, 0.6) is 0 Å². The molecule has 2 aromatic carbocycles. The standard InChI is InChI=1S/C21H23N3O/c1-23(14-16-7-3-2-4-8-16)21(25)17-11-12-20-19(13-17)22-15-24(20)18-9-5-6-10-18/h2-4,7-8,11-13,15,18H,5-6,9-10,14H2,1H3. The largest absolute Gasteiger partial charge is 0.337 e. The van der Waals surface area contributed by atoms with Gasteiger partial charge < -0.3 is 9.47 Å². The number of amides is 1. The number of fused-ring (bicyclic) bond motifs is 1. The fourth-order valence-corrected chi connectivity index (χ4v) is 3.79. The Hall–Kier alpha value is -2.62. The van der Waals surface area contributed by atoms with Crippen LogP contribution in [-0.2, 0) is 6.54 Å². The lowest BCUT2D eigenvalue weighted by Crippen LogP contribution is -2.26. The minimum absolute atomic E-state index is 0.0289. The third kappa shape index (κ3) is 3.16. The zero-order valence-electron chi connectivity index (χ0n) is 14.6. The molecule has 1 aliphatic carbocycles. The van der Waals surface area contributed by atoms with Gasteiger partial charge in [-0.3, -0.25) is 4.79 Å². The Balaban J connectivity index is 1.55. The summed E-state index contributed by atoms with van der Waals surface area (Å²) in [7, 11) is 1.84. The van der Waals surface area contributed by atoms with Crippen LogP contribution in [0.1, 0.15) is 47.6 Å². The van der Waals surface area contributed by atoms with Crippen molar-refractivity contribution in [1.82, 2.24) is 14.5 Å². The summed E-state index contributed by atoms with van der Waals surface area (Å²) < 4.78 is 2.28. The van der Waals surface area contributed by atoms with E-state index in [1.54, 1.807) is 4.90 Å². The van der Waals surface area contributed by atoms with Crippen molar-refractivity contribution < 1.29 is 4.79 Å². The second-order valence-corrected chi connectivity index (χ2v) is 6.94. The highest BCUT2D eigenvalue weighted by molar-refractivity contribution is 5.97. The van der Waals surface area contributed by atoms with Crippen LogP contribution in [0.2, 0.25) is 0 Å². The van der Waals surface area contributed by atoms with Crippen molar-refractivity contribution >= 4 is 16.9 Å². The first-order valence-electron chi connectivity index (χ1n) is 8.98. The second kappa shape index (κ2) is 6.71. The third-order valence-electron chi connectivity index (χ3n) is 5.15. The molecular formula is C21H23N3O. The summed E-state index contributed by atoms with van der Waals surface area (Å²) >= 11 is 0. The molecular weight excluding hydrogens is 310 g/mol. The normalized spacial score (nSPS) is 14.9. The van der Waals surface area contributed by atoms with Gasteiger partial charge in [0.2, 0.25) is 0 Å². The number of aromatic nitrogens is 2. The fraction of sp³-hybridized carbons (Fsp3) is 0.333. The Bertz CT molecular complexity index is 879. The van der Waals surface area contributed by atoms with Crippen LogP contribution in [0.3, 0.4) is 0 Å². The molecule has 0 bridgehead atoms. The summed E-state index contributed by atoms with van der Waals surface area (Å²) in [5.41, 5.74) is 3.87. The average Bonchev–Trinajstić information content (AvgIpc) is 3.30. The monoisotopic (exact) mass is 333 g/mol. The van der Waals surface area contributed by atoms with Gasteiger partial charge in [0.1, 0.15) is 0 Å². The first kappa shape index (κ1) is 15.9. The molecule has 4 rings (SSSR count). The minimum atomic E-state index is 0.0289. The molecule has 0 spiro atoms. The lowest BCUT2D eigenvalue weighted by Gasteiger charge is -2.17. The SMILES string of the molecule is CN(Cc1ccccc1)C(=O)c1ccc2c(c1)ncn2C1CCCC1. The molecule has 1 aliphatic rings. The van der Waals surface area contributed by atoms with Crippen molar-refractivity contribution in [2.45, 2.75) is 38.3 Å². The Morgan fingerprint density at radius 2 is 1.92 bits per heavy atom. The summed E-state index contributed by atoms with van der Waals surface area (Å²) in [5.74, 6) is 0.0289. The van der Waals surface area contributed by atoms with Crippen molar-refractivity contribution in [3.05, 3.63) is 66.0 Å². The van der Waals surface area contributed by atoms with E-state index >= 15 is 0 Å². The van der Waals surface area contributed by atoms with Crippen LogP contribution in [-0.4, -0.2) is 27.4 Å². The maximum atomic E-state index is 12.7. The average molecular weight is 333 g/mol. The zero-order valence-corrected chi connectivity index (χ0v) is 14.6. The summed E-state index contributed by atoms with van der Waals surface area (Å²) in [6.45, 7) is 0.605. The fourth-order valence-electron chi connectivity index (χ4n) is 3.79. The van der Waals surface area contributed by atoms with Crippen molar-refractivity contribution in [2.75, 3.05) is 7.05 Å². The lowest BCUT2D eigenvalue weighted by molar-refractivity contribution is 0.0785. The van der Waals surface area contributed by atoms with Gasteiger partial charge in [-0.05, 0) is 36.6 Å². The molecule has 0 aliphatic heterocycles. The first-order chi connectivity index (χ1) is 12.2. The van der Waals surface area contributed by atoms with Crippen LogP contribution in [0, 0.1) is 0 Å². The Kier molecular flexibility index (Phi) is 4.26. The van der Waals surface area contributed by atoms with E-state index in [0.717, 1.165) is 16.6 Å². The highest BCUT2D eigenvalue weighted by Gasteiger charge is 2.20. The van der Waals surface area contributed by atoms with E-state index in [2.05, 4.69) is 9.55 Å². The van der Waals surface area contributed by atoms with E-state index in [-0.39, 0.29) is 5.91 Å². The number of benzene rings is 2. The van der Waals surface area contributed by atoms with Crippen molar-refractivity contribution in [3.8, 4) is 0 Å². The molecule has 3 aromatic rings. The summed E-state index contributed by atoms with van der Waals surface area (Å²) in [6, 6.07) is 16.5. The highest BCUT2D eigenvalue weighted by atomic mass is 16.2. The number of nitrogens with zero attached hydrogens (tertiary/aromatic N) is 3. The zero-order chi connectivity index (χ0) is 17.2. The quantitative estimate of drug-likeness (QED) is 0.709. The second-order valence-electron chi connectivity index (χ2n) is 6.94. The predicted molar refractivity (Wildman–Crippen MR) is 99.5 cm³/mol. The van der Waals surface area contributed by atoms with Gasteiger partial charge in [0.05, 0.1) is 17.4 Å². The van der Waals surface area contributed by atoms with Crippen LogP contribution in [0.25, 0.3) is 11.0 Å². The molecule has 25 heavy (non-hydrogen) atoms. The van der Waals surface area contributed by atoms with E-state index in [1.807, 2.05) is 61.9 Å². The van der Waals surface area contributed by atoms with Gasteiger partial charge in [0.25, 0.3) is 5.91 Å². The van der Waals surface area contributed by atoms with Crippen LogP contribution >= 0.6 is 0 Å². The number of imidazole rings is 1. The smallest absolute Gasteiger partial charge is 0.253 e. The number of carbonyl (C=O) groups excluding carboxylic acids is 1. The van der Waals surface area contributed by atoms with E-state index in [1.165, 1.54) is 25.7 Å². The van der Waals surface area contributed by atoms with Gasteiger partial charge in [-0.25, -0.2) is 4.98 Å². The number of hydrogen-bond acceptors (Lipinski definition) is 2. The van der Waals surface area contributed by atoms with Gasteiger partial charge in [-0.15, -0.1) is 0 Å². The number of hydrogen-bond donors (Lipinski definition) is 0. The first-order valence-corrected chi connectivity index (χ1v) is 8.98. The molecule has 4 nitrogen and oxygen atoms in total. The highest BCUT2D eigenvalue weighted by Crippen LogP contribution is 2.32. The summed E-state index contributed by atoms with van der Waals surface area (Å²) in [6.07, 6.45) is 6.98. The van der Waals surface area contributed by atoms with E-state index < -0.39 is 0 Å². The molecule has 1 heterocycles. The maximum Gasteiger partial charge on any atom is 0.253 e. The van der Waals surface area contributed by atoms with Crippen LogP contribution in [0.4, 0.5) is 0 Å². The van der Waals surface area contributed by atoms with E-state index in [4.69, 9.17) is 0 Å². The van der Waals surface area contributed by atoms with Crippen molar-refractivity contribution in [2.24, 2.45) is 0 Å². The van der Waals surface area contributed by atoms with Gasteiger partial charge >= 0.3 is 0 Å². The van der Waals surface area contributed by atoms with Crippen LogP contribution in [0.15, 0.2) is 54.9 Å². The maximum absolute atomic E-state index is 12.7. The molecule has 128 valence electrons. The summed E-state index contributed by atoms with van der Waals surface area (Å²) in [4.78, 5) is 19.0. The molecule has 1 aromatic heterocycles. The molecule has 1 amide bonds. The van der Waals surface area contributed by atoms with Gasteiger partial charge in [-0.1, -0.05) is 43.2 Å². The topological polar surface area (TPSA) is 38.1 Å². The molecule has 1 saturated carbocycles. The Morgan fingerprint density at radius 1 is 1.16 bits per heavy atom. The molecule has 0 atom stereocenters. The van der Waals surface area contributed by atoms with E-state index in [0.29, 0.717) is 18.2 Å². The lowest BCUT2D eigenvalue weighted by atomic mass is 10.1. The minimum Gasteiger partial charge on any atom is -0.337 e. The third-order valence-corrected chi connectivity index (χ3v) is 5.15. The van der Waals surface area contributed by atoms with Crippen molar-refractivity contribution in [3.63, 3.8) is 0 Å². The molecule has 0 radical (unpaired) electrons. The predicted octanol–water partition coefficient (Wildman–Crippen LogP) is 4.42. The molecule has 4 heteroatoms. The van der Waals surface area contributed by atoms with Gasteiger partial charge in [-0.2, -0.15) is 0 Å². The molecule has 0 unspecified atom stereocenters. The Morgan fingerprint density at radius 3 is 2.68 bits per heavy atom.